The Bertz CT molecular complexity index is 1040. The molecule has 0 saturated heterocycles. The van der Waals surface area contributed by atoms with E-state index in [-0.39, 0.29) is 29.5 Å². The highest BCUT2D eigenvalue weighted by Crippen LogP contribution is 2.41. The van der Waals surface area contributed by atoms with Gasteiger partial charge in [-0.1, -0.05) is 6.92 Å². The molecule has 0 aliphatic carbocycles. The molecule has 0 bridgehead atoms. The molecule has 1 aliphatic heterocycles. The van der Waals surface area contributed by atoms with Crippen LogP contribution >= 0.6 is 0 Å². The van der Waals surface area contributed by atoms with Crippen molar-refractivity contribution in [3.8, 4) is 22.8 Å². The van der Waals surface area contributed by atoms with Crippen molar-refractivity contribution in [1.82, 2.24) is 9.88 Å². The lowest BCUT2D eigenvalue weighted by Crippen LogP contribution is -2.26. The van der Waals surface area contributed by atoms with Gasteiger partial charge in [0.1, 0.15) is 12.2 Å². The number of hydrogen-bond donors (Lipinski definition) is 1. The first kappa shape index (κ1) is 22.4. The molecule has 1 aliphatic rings. The zero-order valence-electron chi connectivity index (χ0n) is 18.3. The fraction of sp³-hybridized carbons (Fsp3) is 0.435. The molecule has 2 heterocycles. The zero-order chi connectivity index (χ0) is 22.5. The van der Waals surface area contributed by atoms with Crippen LogP contribution in [0.25, 0.3) is 11.3 Å². The number of amides is 1. The number of ether oxygens (including phenoxy) is 3. The minimum atomic E-state index is -0.607. The summed E-state index contributed by atoms with van der Waals surface area (Å²) in [6.45, 7) is 6.14. The number of methoxy groups -OCH3 is 1. The summed E-state index contributed by atoms with van der Waals surface area (Å²) in [5.41, 5.74) is 2.29. The molecule has 1 N–H and O–H groups in total. The Kier molecular flexibility index (Phi) is 6.99. The Morgan fingerprint density at radius 1 is 1.19 bits per heavy atom. The largest absolute Gasteiger partial charge is 0.493 e. The van der Waals surface area contributed by atoms with E-state index in [0.29, 0.717) is 24.7 Å². The standard InChI is InChI=1S/C23H28N2O6/c1-5-16-9-15-10-22(31-8-7-24-14(3)26)21(29-4)11-17(15)19-12-20(27)18(13-25(16)19)23(28)30-6-2/h10-13,16H,5-9H2,1-4H3,(H,24,26). The van der Waals surface area contributed by atoms with Gasteiger partial charge in [-0.15, -0.1) is 0 Å². The van der Waals surface area contributed by atoms with Crippen LogP contribution in [0.1, 0.15) is 49.2 Å². The molecular weight excluding hydrogens is 400 g/mol. The third kappa shape index (κ3) is 4.73. The number of hydrogen-bond acceptors (Lipinski definition) is 6. The van der Waals surface area contributed by atoms with Gasteiger partial charge < -0.3 is 24.1 Å². The highest BCUT2D eigenvalue weighted by molar-refractivity contribution is 5.89. The molecule has 166 valence electrons. The van der Waals surface area contributed by atoms with Gasteiger partial charge in [0.2, 0.25) is 5.91 Å². The summed E-state index contributed by atoms with van der Waals surface area (Å²) in [4.78, 5) is 35.9. The number of fused-ring (bicyclic) bond motifs is 3. The third-order valence-electron chi connectivity index (χ3n) is 5.29. The van der Waals surface area contributed by atoms with E-state index in [0.717, 1.165) is 29.7 Å². The summed E-state index contributed by atoms with van der Waals surface area (Å²) in [5.74, 6) is 0.394. The smallest absolute Gasteiger partial charge is 0.343 e. The van der Waals surface area contributed by atoms with E-state index in [1.807, 2.05) is 16.7 Å². The summed E-state index contributed by atoms with van der Waals surface area (Å²) in [7, 11) is 1.55. The van der Waals surface area contributed by atoms with Crippen molar-refractivity contribution >= 4 is 11.9 Å². The molecule has 1 atom stereocenters. The predicted molar refractivity (Wildman–Crippen MR) is 116 cm³/mol. The number of esters is 1. The van der Waals surface area contributed by atoms with Crippen LogP contribution in [0.3, 0.4) is 0 Å². The van der Waals surface area contributed by atoms with Crippen molar-refractivity contribution in [2.75, 3.05) is 26.9 Å². The fourth-order valence-electron chi connectivity index (χ4n) is 3.79. The second-order valence-electron chi connectivity index (χ2n) is 7.32. The van der Waals surface area contributed by atoms with Gasteiger partial charge in [0.15, 0.2) is 16.9 Å². The number of rotatable bonds is 8. The monoisotopic (exact) mass is 428 g/mol. The zero-order valence-corrected chi connectivity index (χ0v) is 18.3. The maximum Gasteiger partial charge on any atom is 0.343 e. The van der Waals surface area contributed by atoms with Crippen molar-refractivity contribution in [2.45, 2.75) is 39.7 Å². The summed E-state index contributed by atoms with van der Waals surface area (Å²) in [6.07, 6.45) is 3.15. The number of carbonyl (C=O) groups is 2. The van der Waals surface area contributed by atoms with Crippen LogP contribution in [0, 0.1) is 0 Å². The predicted octanol–water partition coefficient (Wildman–Crippen LogP) is 2.72. The average Bonchev–Trinajstić information content (AvgIpc) is 2.75. The summed E-state index contributed by atoms with van der Waals surface area (Å²) >= 11 is 0. The Balaban J connectivity index is 2.02. The van der Waals surface area contributed by atoms with Gasteiger partial charge in [-0.2, -0.15) is 0 Å². The van der Waals surface area contributed by atoms with Gasteiger partial charge in [-0.3, -0.25) is 9.59 Å². The number of nitrogens with zero attached hydrogens (tertiary/aromatic N) is 1. The van der Waals surface area contributed by atoms with Gasteiger partial charge in [0.05, 0.1) is 26.0 Å². The second-order valence-corrected chi connectivity index (χ2v) is 7.32. The van der Waals surface area contributed by atoms with E-state index in [9.17, 15) is 14.4 Å². The van der Waals surface area contributed by atoms with E-state index in [1.54, 1.807) is 20.2 Å². The number of pyridine rings is 1. The van der Waals surface area contributed by atoms with E-state index in [2.05, 4.69) is 12.2 Å². The van der Waals surface area contributed by atoms with Crippen LogP contribution in [0.2, 0.25) is 0 Å². The van der Waals surface area contributed by atoms with Crippen LogP contribution < -0.4 is 20.2 Å². The number of benzene rings is 1. The van der Waals surface area contributed by atoms with Gasteiger partial charge in [-0.05, 0) is 37.5 Å². The first-order chi connectivity index (χ1) is 14.9. The van der Waals surface area contributed by atoms with Gasteiger partial charge in [0, 0.05) is 30.8 Å². The molecule has 1 unspecified atom stereocenters. The first-order valence-electron chi connectivity index (χ1n) is 10.4. The SMILES string of the molecule is CCOC(=O)c1cn2c(cc1=O)-c1cc(OC)c(OCCNC(C)=O)cc1CC2CC. The van der Waals surface area contributed by atoms with Crippen LogP contribution in [0.4, 0.5) is 0 Å². The Morgan fingerprint density at radius 2 is 1.97 bits per heavy atom. The minimum absolute atomic E-state index is 0.0392. The van der Waals surface area contributed by atoms with Crippen molar-refractivity contribution < 1.29 is 23.8 Å². The van der Waals surface area contributed by atoms with E-state index >= 15 is 0 Å². The van der Waals surface area contributed by atoms with E-state index in [4.69, 9.17) is 14.2 Å². The molecule has 0 fully saturated rings. The Labute approximate surface area is 181 Å². The lowest BCUT2D eigenvalue weighted by Gasteiger charge is -2.31. The fourth-order valence-corrected chi connectivity index (χ4v) is 3.79. The molecule has 3 rings (SSSR count). The minimum Gasteiger partial charge on any atom is -0.493 e. The van der Waals surface area contributed by atoms with Crippen molar-refractivity contribution in [1.29, 1.82) is 0 Å². The van der Waals surface area contributed by atoms with Crippen LogP contribution in [-0.4, -0.2) is 43.3 Å². The lowest BCUT2D eigenvalue weighted by molar-refractivity contribution is -0.119. The van der Waals surface area contributed by atoms with Crippen molar-refractivity contribution in [3.05, 3.63) is 45.7 Å². The molecule has 1 amide bonds. The summed E-state index contributed by atoms with van der Waals surface area (Å²) < 4.78 is 18.4. The maximum atomic E-state index is 12.7. The number of carbonyl (C=O) groups excluding carboxylic acids is 2. The van der Waals surface area contributed by atoms with Crippen molar-refractivity contribution in [3.63, 3.8) is 0 Å². The normalized spacial score (nSPS) is 14.3. The quantitative estimate of drug-likeness (QED) is 0.513. The maximum absolute atomic E-state index is 12.7. The average molecular weight is 428 g/mol. The number of aromatic nitrogens is 1. The highest BCUT2D eigenvalue weighted by Gasteiger charge is 2.27. The van der Waals surface area contributed by atoms with Crippen LogP contribution in [0.5, 0.6) is 11.5 Å². The van der Waals surface area contributed by atoms with Gasteiger partial charge in [-0.25, -0.2) is 4.79 Å². The van der Waals surface area contributed by atoms with E-state index < -0.39 is 5.97 Å². The molecule has 0 radical (unpaired) electrons. The van der Waals surface area contributed by atoms with Crippen LogP contribution in [-0.2, 0) is 16.0 Å². The first-order valence-corrected chi connectivity index (χ1v) is 10.4. The molecule has 8 heteroatoms. The third-order valence-corrected chi connectivity index (χ3v) is 5.29. The molecule has 0 saturated carbocycles. The summed E-state index contributed by atoms with van der Waals surface area (Å²) in [6, 6.07) is 5.35. The second kappa shape index (κ2) is 9.68. The summed E-state index contributed by atoms with van der Waals surface area (Å²) in [5, 5.41) is 2.69. The van der Waals surface area contributed by atoms with E-state index in [1.165, 1.54) is 13.0 Å². The topological polar surface area (TPSA) is 95.9 Å². The van der Waals surface area contributed by atoms with Gasteiger partial charge in [0.25, 0.3) is 0 Å². The van der Waals surface area contributed by atoms with Crippen LogP contribution in [0.15, 0.2) is 29.2 Å². The molecule has 1 aromatic carbocycles. The molecule has 8 nitrogen and oxygen atoms in total. The molecular formula is C23H28N2O6. The molecule has 2 aromatic rings. The Morgan fingerprint density at radius 3 is 2.61 bits per heavy atom. The molecule has 1 aromatic heterocycles. The highest BCUT2D eigenvalue weighted by atomic mass is 16.5. The molecule has 31 heavy (non-hydrogen) atoms. The lowest BCUT2D eigenvalue weighted by atomic mass is 9.90. The number of nitrogens with one attached hydrogen (secondary N) is 1. The Hall–Kier alpha value is -3.29. The van der Waals surface area contributed by atoms with Crippen molar-refractivity contribution in [2.24, 2.45) is 0 Å². The van der Waals surface area contributed by atoms with Gasteiger partial charge >= 0.3 is 5.97 Å². The molecule has 0 spiro atoms.